The number of nitrogens with two attached hydrogens (primary N) is 1. The summed E-state index contributed by atoms with van der Waals surface area (Å²) in [6, 6.07) is 17.3. The summed E-state index contributed by atoms with van der Waals surface area (Å²) in [5, 5.41) is 1.14. The van der Waals surface area contributed by atoms with Gasteiger partial charge in [-0.2, -0.15) is 0 Å². The molecule has 2 unspecified atom stereocenters. The second kappa shape index (κ2) is 10.5. The molecular formula is C32H35FN4O. The number of halogens is 1. The number of fused-ring (bicyclic) bond motifs is 1. The Labute approximate surface area is 224 Å². The average Bonchev–Trinajstić information content (AvgIpc) is 3.31. The number of rotatable bonds is 5. The van der Waals surface area contributed by atoms with Crippen LogP contribution in [0.2, 0.25) is 0 Å². The molecule has 38 heavy (non-hydrogen) atoms. The number of piperidine rings is 1. The molecule has 0 spiro atoms. The minimum absolute atomic E-state index is 0.00352. The summed E-state index contributed by atoms with van der Waals surface area (Å²) in [4.78, 5) is 17.0. The molecule has 5 rings (SSSR count). The predicted octanol–water partition coefficient (Wildman–Crippen LogP) is 6.36. The number of carbonyl (C=O) groups excluding carboxylic acids is 1. The molecule has 3 aromatic rings. The summed E-state index contributed by atoms with van der Waals surface area (Å²) in [5.74, 6) is -0.237. The zero-order valence-corrected chi connectivity index (χ0v) is 22.3. The molecule has 5 nitrogen and oxygen atoms in total. The second-order valence-corrected chi connectivity index (χ2v) is 10.3. The van der Waals surface area contributed by atoms with Gasteiger partial charge in [-0.1, -0.05) is 36.9 Å². The number of amides is 1. The molecule has 6 heteroatoms. The molecule has 1 fully saturated rings. The van der Waals surface area contributed by atoms with Gasteiger partial charge in [-0.3, -0.25) is 4.79 Å². The van der Waals surface area contributed by atoms with Crippen LogP contribution in [0.25, 0.3) is 16.5 Å². The number of carbonyl (C=O) groups is 1. The van der Waals surface area contributed by atoms with Gasteiger partial charge in [-0.15, -0.1) is 0 Å². The first-order valence-corrected chi connectivity index (χ1v) is 13.2. The Hall–Kier alpha value is -3.90. The monoisotopic (exact) mass is 510 g/mol. The van der Waals surface area contributed by atoms with Crippen molar-refractivity contribution in [2.75, 3.05) is 13.1 Å². The SMILES string of the molecule is C=C1C=C(C(=O)N2CCCC(N)C2)C=CN1/C(C)=C(\C)c1cc2ccccc2n1C(C)c1ccc(F)cc1. The largest absolute Gasteiger partial charge is 0.337 e. The van der Waals surface area contributed by atoms with Crippen molar-refractivity contribution in [1.82, 2.24) is 14.4 Å². The van der Waals surface area contributed by atoms with Gasteiger partial charge < -0.3 is 20.1 Å². The molecule has 3 heterocycles. The zero-order chi connectivity index (χ0) is 27.0. The Kier molecular flexibility index (Phi) is 7.09. The van der Waals surface area contributed by atoms with Gasteiger partial charge in [0.2, 0.25) is 0 Å². The first kappa shape index (κ1) is 25.7. The third-order valence-electron chi connectivity index (χ3n) is 7.80. The summed E-state index contributed by atoms with van der Waals surface area (Å²) >= 11 is 0. The number of para-hydroxylation sites is 1. The molecule has 0 aliphatic carbocycles. The molecular weight excluding hydrogens is 475 g/mol. The molecule has 2 N–H and O–H groups in total. The van der Waals surface area contributed by atoms with Crippen LogP contribution < -0.4 is 5.73 Å². The summed E-state index contributed by atoms with van der Waals surface area (Å²) in [5.41, 5.74) is 12.8. The minimum Gasteiger partial charge on any atom is -0.337 e. The fourth-order valence-electron chi connectivity index (χ4n) is 5.52. The third-order valence-corrected chi connectivity index (χ3v) is 7.80. The van der Waals surface area contributed by atoms with E-state index in [1.54, 1.807) is 0 Å². The van der Waals surface area contributed by atoms with Gasteiger partial charge in [0, 0.05) is 58.9 Å². The molecule has 1 aromatic heterocycles. The number of benzene rings is 2. The van der Waals surface area contributed by atoms with E-state index in [1.807, 2.05) is 52.4 Å². The molecule has 2 atom stereocenters. The Morgan fingerprint density at radius 2 is 1.87 bits per heavy atom. The number of allylic oxidation sites excluding steroid dienone is 3. The maximum absolute atomic E-state index is 13.6. The third kappa shape index (κ3) is 4.84. The minimum atomic E-state index is -0.241. The van der Waals surface area contributed by atoms with Gasteiger partial charge in [0.05, 0.1) is 6.04 Å². The first-order valence-electron chi connectivity index (χ1n) is 13.2. The van der Waals surface area contributed by atoms with Gasteiger partial charge >= 0.3 is 0 Å². The first-order chi connectivity index (χ1) is 18.2. The highest BCUT2D eigenvalue weighted by molar-refractivity contribution is 5.97. The van der Waals surface area contributed by atoms with Gasteiger partial charge in [0.15, 0.2) is 0 Å². The van der Waals surface area contributed by atoms with Gasteiger partial charge in [-0.25, -0.2) is 4.39 Å². The number of hydrogen-bond acceptors (Lipinski definition) is 3. The molecule has 0 bridgehead atoms. The maximum atomic E-state index is 13.6. The molecule has 196 valence electrons. The van der Waals surface area contributed by atoms with E-state index in [9.17, 15) is 9.18 Å². The van der Waals surface area contributed by atoms with E-state index < -0.39 is 0 Å². The van der Waals surface area contributed by atoms with Crippen molar-refractivity contribution in [2.24, 2.45) is 5.73 Å². The van der Waals surface area contributed by atoms with Crippen molar-refractivity contribution >= 4 is 22.4 Å². The maximum Gasteiger partial charge on any atom is 0.254 e. The van der Waals surface area contributed by atoms with E-state index in [1.165, 1.54) is 12.1 Å². The number of nitrogens with zero attached hydrogens (tertiary/aromatic N) is 3. The van der Waals surface area contributed by atoms with E-state index in [-0.39, 0.29) is 23.8 Å². The topological polar surface area (TPSA) is 54.5 Å². The van der Waals surface area contributed by atoms with Crippen LogP contribution in [-0.4, -0.2) is 39.4 Å². The van der Waals surface area contributed by atoms with Gasteiger partial charge in [0.25, 0.3) is 5.91 Å². The summed E-state index contributed by atoms with van der Waals surface area (Å²) in [6.45, 7) is 11.9. The fourth-order valence-corrected chi connectivity index (χ4v) is 5.52. The fraction of sp³-hybridized carbons (Fsp3) is 0.281. The highest BCUT2D eigenvalue weighted by atomic mass is 19.1. The van der Waals surface area contributed by atoms with E-state index in [2.05, 4.69) is 50.1 Å². The smallest absolute Gasteiger partial charge is 0.254 e. The normalized spacial score (nSPS) is 19.4. The van der Waals surface area contributed by atoms with Gasteiger partial charge in [-0.05, 0) is 81.2 Å². The van der Waals surface area contributed by atoms with Crippen LogP contribution in [0.5, 0.6) is 0 Å². The standard InChI is InChI=1S/C32H35FN4O/c1-21-18-27(32(38)35-16-7-9-29(34)20-35)15-17-36(21)23(3)22(2)31-19-26-8-5-6-10-30(26)37(31)24(4)25-11-13-28(33)14-12-25/h5-6,8,10-15,17-19,24,29H,1,7,9,16,20,34H2,2-4H3/b23-22+. The Bertz CT molecular complexity index is 1480. The van der Waals surface area contributed by atoms with Crippen LogP contribution in [0.1, 0.15) is 50.9 Å². The Balaban J connectivity index is 1.48. The van der Waals surface area contributed by atoms with Crippen molar-refractivity contribution in [3.63, 3.8) is 0 Å². The van der Waals surface area contributed by atoms with Crippen LogP contribution in [-0.2, 0) is 4.79 Å². The molecule has 1 saturated heterocycles. The molecule has 2 aromatic carbocycles. The molecule has 1 amide bonds. The zero-order valence-electron chi connectivity index (χ0n) is 22.3. The molecule has 0 radical (unpaired) electrons. The van der Waals surface area contributed by atoms with Crippen molar-refractivity contribution in [2.45, 2.75) is 45.7 Å². The lowest BCUT2D eigenvalue weighted by molar-refractivity contribution is -0.127. The lowest BCUT2D eigenvalue weighted by atomic mass is 10.0. The van der Waals surface area contributed by atoms with E-state index in [0.29, 0.717) is 12.1 Å². The predicted molar refractivity (Wildman–Crippen MR) is 152 cm³/mol. The number of hydrogen-bond donors (Lipinski definition) is 1. The highest BCUT2D eigenvalue weighted by Crippen LogP contribution is 2.35. The Morgan fingerprint density at radius 1 is 1.13 bits per heavy atom. The van der Waals surface area contributed by atoms with Crippen molar-refractivity contribution in [1.29, 1.82) is 0 Å². The summed E-state index contributed by atoms with van der Waals surface area (Å²) in [6.07, 6.45) is 7.54. The second-order valence-electron chi connectivity index (χ2n) is 10.3. The van der Waals surface area contributed by atoms with E-state index in [0.717, 1.165) is 58.5 Å². The van der Waals surface area contributed by atoms with Crippen LogP contribution in [0, 0.1) is 5.82 Å². The lowest BCUT2D eigenvalue weighted by Crippen LogP contribution is -2.46. The Morgan fingerprint density at radius 3 is 2.58 bits per heavy atom. The van der Waals surface area contributed by atoms with Crippen LogP contribution >= 0.6 is 0 Å². The average molecular weight is 511 g/mol. The van der Waals surface area contributed by atoms with Crippen molar-refractivity contribution < 1.29 is 9.18 Å². The van der Waals surface area contributed by atoms with E-state index in [4.69, 9.17) is 5.73 Å². The van der Waals surface area contributed by atoms with Crippen LogP contribution in [0.15, 0.2) is 96.5 Å². The van der Waals surface area contributed by atoms with Crippen molar-refractivity contribution in [3.8, 4) is 0 Å². The highest BCUT2D eigenvalue weighted by Gasteiger charge is 2.26. The van der Waals surface area contributed by atoms with E-state index >= 15 is 0 Å². The number of aromatic nitrogens is 1. The van der Waals surface area contributed by atoms with Crippen molar-refractivity contribution in [3.05, 3.63) is 114 Å². The summed E-state index contributed by atoms with van der Waals surface area (Å²) < 4.78 is 15.9. The molecule has 2 aliphatic heterocycles. The molecule has 0 saturated carbocycles. The van der Waals surface area contributed by atoms with Crippen LogP contribution in [0.3, 0.4) is 0 Å². The number of likely N-dealkylation sites (tertiary alicyclic amines) is 1. The van der Waals surface area contributed by atoms with Crippen LogP contribution in [0.4, 0.5) is 4.39 Å². The lowest BCUT2D eigenvalue weighted by Gasteiger charge is -2.33. The quantitative estimate of drug-likeness (QED) is 0.435. The molecule has 2 aliphatic rings. The van der Waals surface area contributed by atoms with Gasteiger partial charge in [0.1, 0.15) is 5.82 Å². The summed E-state index contributed by atoms with van der Waals surface area (Å²) in [7, 11) is 0.